The van der Waals surface area contributed by atoms with E-state index in [-0.39, 0.29) is 0 Å². The predicted molar refractivity (Wildman–Crippen MR) is 109 cm³/mol. The van der Waals surface area contributed by atoms with Crippen molar-refractivity contribution < 1.29 is 14.2 Å². The Bertz CT molecular complexity index is 747. The number of methoxy groups -OCH3 is 3. The van der Waals surface area contributed by atoms with Gasteiger partial charge in [0, 0.05) is 20.1 Å². The maximum absolute atomic E-state index is 5.35. The van der Waals surface area contributed by atoms with Gasteiger partial charge in [0.25, 0.3) is 0 Å². The summed E-state index contributed by atoms with van der Waals surface area (Å²) in [5.41, 5.74) is 2.36. The maximum Gasteiger partial charge on any atom is 0.191 e. The Morgan fingerprint density at radius 3 is 2.41 bits per heavy atom. The van der Waals surface area contributed by atoms with Crippen LogP contribution in [0.5, 0.6) is 17.2 Å². The molecule has 2 N–H and O–H groups in total. The van der Waals surface area contributed by atoms with Gasteiger partial charge in [0.15, 0.2) is 17.5 Å². The van der Waals surface area contributed by atoms with E-state index in [1.807, 2.05) is 30.3 Å². The van der Waals surface area contributed by atoms with Gasteiger partial charge in [0.05, 0.1) is 21.3 Å². The summed E-state index contributed by atoms with van der Waals surface area (Å²) in [7, 11) is 6.74. The molecule has 0 aliphatic rings. The van der Waals surface area contributed by atoms with E-state index in [4.69, 9.17) is 14.2 Å². The number of hydrogen-bond donors (Lipinski definition) is 2. The summed E-state index contributed by atoms with van der Waals surface area (Å²) in [5, 5.41) is 6.66. The van der Waals surface area contributed by atoms with Crippen molar-refractivity contribution in [3.63, 3.8) is 0 Å². The summed E-state index contributed by atoms with van der Waals surface area (Å²) >= 11 is 0. The number of benzene rings is 2. The van der Waals surface area contributed by atoms with Gasteiger partial charge in [-0.25, -0.2) is 0 Å². The van der Waals surface area contributed by atoms with E-state index in [1.54, 1.807) is 28.4 Å². The molecule has 0 bridgehead atoms. The van der Waals surface area contributed by atoms with Crippen LogP contribution in [0.15, 0.2) is 47.5 Å². The van der Waals surface area contributed by atoms with E-state index in [9.17, 15) is 0 Å². The van der Waals surface area contributed by atoms with Crippen molar-refractivity contribution in [3.8, 4) is 17.2 Å². The van der Waals surface area contributed by atoms with Crippen LogP contribution in [-0.2, 0) is 13.0 Å². The number of aliphatic imine (C=N–C) groups is 1. The molecule has 2 rings (SSSR count). The van der Waals surface area contributed by atoms with E-state index < -0.39 is 0 Å². The van der Waals surface area contributed by atoms with Crippen molar-refractivity contribution in [2.24, 2.45) is 4.99 Å². The molecule has 0 radical (unpaired) electrons. The predicted octanol–water partition coefficient (Wildman–Crippen LogP) is 3.01. The highest BCUT2D eigenvalue weighted by molar-refractivity contribution is 5.79. The monoisotopic (exact) mass is 371 g/mol. The molecule has 0 unspecified atom stereocenters. The minimum absolute atomic E-state index is 0.687. The molecule has 27 heavy (non-hydrogen) atoms. The zero-order valence-corrected chi connectivity index (χ0v) is 16.5. The third-order valence-corrected chi connectivity index (χ3v) is 4.20. The third kappa shape index (κ3) is 6.40. The molecule has 6 nitrogen and oxygen atoms in total. The zero-order valence-electron chi connectivity index (χ0n) is 16.5. The van der Waals surface area contributed by atoms with Crippen LogP contribution in [-0.4, -0.2) is 40.9 Å². The van der Waals surface area contributed by atoms with E-state index in [2.05, 4.69) is 27.8 Å². The Morgan fingerprint density at radius 2 is 1.70 bits per heavy atom. The second-order valence-corrected chi connectivity index (χ2v) is 6.00. The molecule has 0 aromatic heterocycles. The number of rotatable bonds is 9. The van der Waals surface area contributed by atoms with Gasteiger partial charge in [0.2, 0.25) is 0 Å². The number of nitrogens with zero attached hydrogens (tertiary/aromatic N) is 1. The van der Waals surface area contributed by atoms with Crippen LogP contribution in [0.25, 0.3) is 0 Å². The molecule has 0 fully saturated rings. The Hall–Kier alpha value is -2.89. The first-order valence-electron chi connectivity index (χ1n) is 8.98. The van der Waals surface area contributed by atoms with Gasteiger partial charge in [-0.1, -0.05) is 18.2 Å². The molecule has 6 heteroatoms. The van der Waals surface area contributed by atoms with Crippen LogP contribution in [0.2, 0.25) is 0 Å². The SMILES string of the molecule is CN=C(NCCCc1ccc(OC)c(OC)c1)NCc1cccc(OC)c1. The Morgan fingerprint density at radius 1 is 0.889 bits per heavy atom. The number of guanidine groups is 1. The number of hydrogen-bond acceptors (Lipinski definition) is 4. The fourth-order valence-electron chi connectivity index (χ4n) is 2.72. The molecule has 0 saturated carbocycles. The number of nitrogens with one attached hydrogen (secondary N) is 2. The fourth-order valence-corrected chi connectivity index (χ4v) is 2.72. The normalized spacial score (nSPS) is 11.0. The minimum atomic E-state index is 0.687. The molecule has 2 aromatic rings. The molecule has 0 atom stereocenters. The highest BCUT2D eigenvalue weighted by atomic mass is 16.5. The van der Waals surface area contributed by atoms with E-state index >= 15 is 0 Å². The van der Waals surface area contributed by atoms with Gasteiger partial charge in [0.1, 0.15) is 5.75 Å². The summed E-state index contributed by atoms with van der Waals surface area (Å²) in [6.45, 7) is 1.51. The molecule has 0 aliphatic heterocycles. The zero-order chi connectivity index (χ0) is 19.5. The lowest BCUT2D eigenvalue weighted by atomic mass is 10.1. The fraction of sp³-hybridized carbons (Fsp3) is 0.381. The number of ether oxygens (including phenoxy) is 3. The quantitative estimate of drug-likeness (QED) is 0.403. The van der Waals surface area contributed by atoms with Crippen LogP contribution in [0.1, 0.15) is 17.5 Å². The smallest absolute Gasteiger partial charge is 0.191 e. The molecule has 2 aromatic carbocycles. The Labute approximate surface area is 161 Å². The van der Waals surface area contributed by atoms with Crippen LogP contribution in [0.3, 0.4) is 0 Å². The van der Waals surface area contributed by atoms with Crippen LogP contribution in [0.4, 0.5) is 0 Å². The van der Waals surface area contributed by atoms with Crippen molar-refractivity contribution in [2.45, 2.75) is 19.4 Å². The molecule has 0 heterocycles. The second-order valence-electron chi connectivity index (χ2n) is 6.00. The average Bonchev–Trinajstić information content (AvgIpc) is 2.73. The molecular weight excluding hydrogens is 342 g/mol. The largest absolute Gasteiger partial charge is 0.497 e. The van der Waals surface area contributed by atoms with Crippen molar-refractivity contribution in [1.29, 1.82) is 0 Å². The topological polar surface area (TPSA) is 64.1 Å². The van der Waals surface area contributed by atoms with Gasteiger partial charge in [-0.15, -0.1) is 0 Å². The molecular formula is C21H29N3O3. The molecule has 0 saturated heterocycles. The lowest BCUT2D eigenvalue weighted by Gasteiger charge is -2.13. The Kier molecular flexibility index (Phi) is 8.29. The van der Waals surface area contributed by atoms with Crippen molar-refractivity contribution in [2.75, 3.05) is 34.9 Å². The van der Waals surface area contributed by atoms with Crippen LogP contribution < -0.4 is 24.8 Å². The minimum Gasteiger partial charge on any atom is -0.497 e. The molecule has 0 aliphatic carbocycles. The van der Waals surface area contributed by atoms with Crippen LogP contribution >= 0.6 is 0 Å². The van der Waals surface area contributed by atoms with E-state index in [1.165, 1.54) is 5.56 Å². The van der Waals surface area contributed by atoms with Gasteiger partial charge in [-0.05, 0) is 48.2 Å². The summed E-state index contributed by atoms with van der Waals surface area (Å²) in [5.74, 6) is 3.15. The molecule has 0 amide bonds. The molecule has 0 spiro atoms. The first kappa shape index (κ1) is 20.4. The van der Waals surface area contributed by atoms with Gasteiger partial charge in [-0.3, -0.25) is 4.99 Å². The first-order valence-corrected chi connectivity index (χ1v) is 8.98. The van der Waals surface area contributed by atoms with Gasteiger partial charge < -0.3 is 24.8 Å². The standard InChI is InChI=1S/C21H29N3O3/c1-22-21(24-15-17-7-5-9-18(13-17)25-2)23-12-6-8-16-10-11-19(26-3)20(14-16)27-4/h5,7,9-11,13-14H,6,8,12,15H2,1-4H3,(H2,22,23,24). The van der Waals surface area contributed by atoms with Crippen molar-refractivity contribution >= 4 is 5.96 Å². The van der Waals surface area contributed by atoms with E-state index in [0.29, 0.717) is 6.54 Å². The second kappa shape index (κ2) is 11.0. The summed E-state index contributed by atoms with van der Waals surface area (Å²) in [6.07, 6.45) is 1.93. The average molecular weight is 371 g/mol. The summed E-state index contributed by atoms with van der Waals surface area (Å²) in [4.78, 5) is 4.27. The number of aryl methyl sites for hydroxylation is 1. The maximum atomic E-state index is 5.35. The third-order valence-electron chi connectivity index (χ3n) is 4.20. The molecule has 146 valence electrons. The Balaban J connectivity index is 1.76. The van der Waals surface area contributed by atoms with Gasteiger partial charge >= 0.3 is 0 Å². The lowest BCUT2D eigenvalue weighted by molar-refractivity contribution is 0.354. The lowest BCUT2D eigenvalue weighted by Crippen LogP contribution is -2.37. The highest BCUT2D eigenvalue weighted by Crippen LogP contribution is 2.27. The van der Waals surface area contributed by atoms with Crippen molar-refractivity contribution in [1.82, 2.24) is 10.6 Å². The van der Waals surface area contributed by atoms with E-state index in [0.717, 1.165) is 48.2 Å². The van der Waals surface area contributed by atoms with Gasteiger partial charge in [-0.2, -0.15) is 0 Å². The summed E-state index contributed by atoms with van der Waals surface area (Å²) in [6, 6.07) is 14.0. The summed E-state index contributed by atoms with van der Waals surface area (Å²) < 4.78 is 15.9. The van der Waals surface area contributed by atoms with Crippen molar-refractivity contribution in [3.05, 3.63) is 53.6 Å². The highest BCUT2D eigenvalue weighted by Gasteiger charge is 2.05. The first-order chi connectivity index (χ1) is 13.2. The van der Waals surface area contributed by atoms with Crippen LogP contribution in [0, 0.1) is 0 Å².